The van der Waals surface area contributed by atoms with Crippen molar-refractivity contribution in [3.8, 4) is 0 Å². The van der Waals surface area contributed by atoms with Gasteiger partial charge in [-0.05, 0) is 49.2 Å². The number of halogens is 1. The van der Waals surface area contributed by atoms with Crippen LogP contribution in [-0.2, 0) is 19.6 Å². The molecule has 0 heterocycles. The summed E-state index contributed by atoms with van der Waals surface area (Å²) in [6.45, 7) is 3.09. The first-order chi connectivity index (χ1) is 13.2. The normalized spacial score (nSPS) is 11.1. The Hall–Kier alpha value is -2.78. The molecule has 0 fully saturated rings. The van der Waals surface area contributed by atoms with E-state index >= 15 is 0 Å². The quantitative estimate of drug-likeness (QED) is 0.654. The molecule has 0 aliphatic carbocycles. The fourth-order valence-corrected chi connectivity index (χ4v) is 3.37. The smallest absolute Gasteiger partial charge is 0.338 e. The highest BCUT2D eigenvalue weighted by molar-refractivity contribution is 7.89. The number of aryl methyl sites for hydroxylation is 1. The van der Waals surface area contributed by atoms with Crippen molar-refractivity contribution >= 4 is 27.6 Å². The van der Waals surface area contributed by atoms with Crippen LogP contribution in [0.1, 0.15) is 29.3 Å². The van der Waals surface area contributed by atoms with Gasteiger partial charge in [0.1, 0.15) is 5.82 Å². The van der Waals surface area contributed by atoms with Crippen LogP contribution in [0.3, 0.4) is 0 Å². The lowest BCUT2D eigenvalue weighted by molar-refractivity contribution is -0.119. The minimum absolute atomic E-state index is 0.00597. The lowest BCUT2D eigenvalue weighted by Crippen LogP contribution is -2.25. The zero-order valence-electron chi connectivity index (χ0n) is 15.5. The van der Waals surface area contributed by atoms with Crippen LogP contribution in [0.5, 0.6) is 0 Å². The largest absolute Gasteiger partial charge is 0.452 e. The molecule has 0 saturated carbocycles. The third kappa shape index (κ3) is 5.86. The zero-order valence-corrected chi connectivity index (χ0v) is 16.3. The van der Waals surface area contributed by atoms with Crippen molar-refractivity contribution in [1.29, 1.82) is 0 Å². The van der Waals surface area contributed by atoms with Crippen LogP contribution >= 0.6 is 0 Å². The number of amides is 1. The molecule has 0 saturated heterocycles. The van der Waals surface area contributed by atoms with E-state index in [0.29, 0.717) is 12.0 Å². The van der Waals surface area contributed by atoms with Crippen molar-refractivity contribution in [2.45, 2.75) is 25.2 Å². The fourth-order valence-electron chi connectivity index (χ4n) is 2.19. The van der Waals surface area contributed by atoms with Crippen LogP contribution < -0.4 is 10.0 Å². The Morgan fingerprint density at radius 3 is 2.57 bits per heavy atom. The Morgan fingerprint density at radius 1 is 1.14 bits per heavy atom. The number of esters is 1. The summed E-state index contributed by atoms with van der Waals surface area (Å²) in [6.07, 6.45) is 0.626. The van der Waals surface area contributed by atoms with E-state index in [1.54, 1.807) is 6.92 Å². The summed E-state index contributed by atoms with van der Waals surface area (Å²) < 4.78 is 45.1. The van der Waals surface area contributed by atoms with Gasteiger partial charge >= 0.3 is 5.97 Å². The van der Waals surface area contributed by atoms with Crippen LogP contribution in [-0.4, -0.2) is 33.4 Å². The predicted octanol–water partition coefficient (Wildman–Crippen LogP) is 2.62. The number of ether oxygens (including phenoxy) is 1. The molecule has 2 N–H and O–H groups in total. The molecule has 2 aromatic carbocycles. The molecule has 0 aliphatic heterocycles. The van der Waals surface area contributed by atoms with Gasteiger partial charge in [-0.15, -0.1) is 0 Å². The topological polar surface area (TPSA) is 102 Å². The average molecular weight is 408 g/mol. The highest BCUT2D eigenvalue weighted by Gasteiger charge is 2.17. The first-order valence-corrected chi connectivity index (χ1v) is 10.0. The third-order valence-corrected chi connectivity index (χ3v) is 5.17. The fraction of sp³-hybridized carbons (Fsp3) is 0.263. The van der Waals surface area contributed by atoms with Crippen molar-refractivity contribution in [1.82, 2.24) is 4.72 Å². The van der Waals surface area contributed by atoms with E-state index in [1.807, 2.05) is 6.92 Å². The number of anilines is 1. The van der Waals surface area contributed by atoms with Crippen LogP contribution in [0.25, 0.3) is 0 Å². The van der Waals surface area contributed by atoms with E-state index in [4.69, 9.17) is 4.74 Å². The first-order valence-electron chi connectivity index (χ1n) is 8.56. The molecule has 0 aromatic heterocycles. The second-order valence-corrected chi connectivity index (χ2v) is 7.78. The number of sulfonamides is 1. The lowest BCUT2D eigenvalue weighted by Gasteiger charge is -2.09. The SMILES string of the molecule is CCCNS(=O)(=O)c1cccc(C(=O)OCC(=O)Nc2ccc(C)c(F)c2)c1. The average Bonchev–Trinajstić information content (AvgIpc) is 2.67. The molecule has 150 valence electrons. The number of benzene rings is 2. The highest BCUT2D eigenvalue weighted by atomic mass is 32.2. The van der Waals surface area contributed by atoms with E-state index in [0.717, 1.165) is 6.07 Å². The van der Waals surface area contributed by atoms with Crippen molar-refractivity contribution < 1.29 is 27.1 Å². The Morgan fingerprint density at radius 2 is 1.89 bits per heavy atom. The van der Waals surface area contributed by atoms with Crippen LogP contribution in [0.2, 0.25) is 0 Å². The van der Waals surface area contributed by atoms with E-state index in [1.165, 1.54) is 36.4 Å². The molecule has 9 heteroatoms. The number of carbonyl (C=O) groups excluding carboxylic acids is 2. The Labute approximate surface area is 163 Å². The summed E-state index contributed by atoms with van der Waals surface area (Å²) in [6, 6.07) is 9.51. The number of carbonyl (C=O) groups is 2. The summed E-state index contributed by atoms with van der Waals surface area (Å²) in [5, 5.41) is 2.41. The molecule has 0 unspecified atom stereocenters. The zero-order chi connectivity index (χ0) is 20.7. The van der Waals surface area contributed by atoms with Gasteiger partial charge in [0, 0.05) is 12.2 Å². The molecule has 7 nitrogen and oxygen atoms in total. The molecular formula is C19H21FN2O5S. The van der Waals surface area contributed by atoms with Crippen LogP contribution in [0, 0.1) is 12.7 Å². The van der Waals surface area contributed by atoms with Gasteiger partial charge in [-0.2, -0.15) is 0 Å². The van der Waals surface area contributed by atoms with Gasteiger partial charge in [0.05, 0.1) is 10.5 Å². The van der Waals surface area contributed by atoms with Gasteiger partial charge in [-0.25, -0.2) is 22.3 Å². The van der Waals surface area contributed by atoms with Crippen molar-refractivity contribution in [3.05, 3.63) is 59.4 Å². The Bertz CT molecular complexity index is 976. The molecule has 2 aromatic rings. The van der Waals surface area contributed by atoms with Gasteiger partial charge in [-0.1, -0.05) is 19.1 Å². The molecule has 0 spiro atoms. The maximum absolute atomic E-state index is 13.5. The number of hydrogen-bond acceptors (Lipinski definition) is 5. The van der Waals surface area contributed by atoms with E-state index in [2.05, 4.69) is 10.0 Å². The lowest BCUT2D eigenvalue weighted by atomic mass is 10.2. The standard InChI is InChI=1S/C19H21FN2O5S/c1-3-9-21-28(25,26)16-6-4-5-14(10-16)19(24)27-12-18(23)22-15-8-7-13(2)17(20)11-15/h4-8,10-11,21H,3,9,12H2,1-2H3,(H,22,23). The summed E-state index contributed by atoms with van der Waals surface area (Å²) in [5.74, 6) is -1.97. The monoisotopic (exact) mass is 408 g/mol. The molecule has 0 bridgehead atoms. The third-order valence-electron chi connectivity index (χ3n) is 3.71. The van der Waals surface area contributed by atoms with Crippen molar-refractivity contribution in [2.75, 3.05) is 18.5 Å². The number of hydrogen-bond donors (Lipinski definition) is 2. The number of nitrogens with one attached hydrogen (secondary N) is 2. The molecular weight excluding hydrogens is 387 g/mol. The molecule has 0 atom stereocenters. The van der Waals surface area contributed by atoms with E-state index in [9.17, 15) is 22.4 Å². The van der Waals surface area contributed by atoms with Crippen molar-refractivity contribution in [2.24, 2.45) is 0 Å². The molecule has 28 heavy (non-hydrogen) atoms. The maximum atomic E-state index is 13.5. The number of rotatable bonds is 8. The van der Waals surface area contributed by atoms with Crippen molar-refractivity contribution in [3.63, 3.8) is 0 Å². The Balaban J connectivity index is 1.98. The van der Waals surface area contributed by atoms with Gasteiger partial charge in [-0.3, -0.25) is 4.79 Å². The van der Waals surface area contributed by atoms with Crippen LogP contribution in [0.4, 0.5) is 10.1 Å². The molecule has 0 aliphatic rings. The predicted molar refractivity (Wildman–Crippen MR) is 102 cm³/mol. The van der Waals surface area contributed by atoms with Gasteiger partial charge in [0.15, 0.2) is 6.61 Å². The summed E-state index contributed by atoms with van der Waals surface area (Å²) >= 11 is 0. The first kappa shape index (κ1) is 21.5. The summed E-state index contributed by atoms with van der Waals surface area (Å²) in [7, 11) is -3.73. The molecule has 0 radical (unpaired) electrons. The van der Waals surface area contributed by atoms with Crippen LogP contribution in [0.15, 0.2) is 47.4 Å². The molecule has 2 rings (SSSR count). The van der Waals surface area contributed by atoms with Gasteiger partial charge < -0.3 is 10.1 Å². The minimum Gasteiger partial charge on any atom is -0.452 e. The minimum atomic E-state index is -3.73. The highest BCUT2D eigenvalue weighted by Crippen LogP contribution is 2.14. The summed E-state index contributed by atoms with van der Waals surface area (Å²) in [4.78, 5) is 23.9. The van der Waals surface area contributed by atoms with E-state index in [-0.39, 0.29) is 22.7 Å². The van der Waals surface area contributed by atoms with Gasteiger partial charge in [0.25, 0.3) is 5.91 Å². The maximum Gasteiger partial charge on any atom is 0.338 e. The second-order valence-electron chi connectivity index (χ2n) is 6.01. The molecule has 1 amide bonds. The Kier molecular flexibility index (Phi) is 7.24. The summed E-state index contributed by atoms with van der Waals surface area (Å²) in [5.41, 5.74) is 0.667. The van der Waals surface area contributed by atoms with Gasteiger partial charge in [0.2, 0.25) is 10.0 Å². The van der Waals surface area contributed by atoms with E-state index < -0.39 is 34.3 Å². The second kappa shape index (κ2) is 9.43.